The fourth-order valence-corrected chi connectivity index (χ4v) is 4.82. The topological polar surface area (TPSA) is 30.0 Å². The van der Waals surface area contributed by atoms with E-state index < -0.39 is 58.0 Å². The van der Waals surface area contributed by atoms with Gasteiger partial charge in [-0.2, -0.15) is 13.2 Å². The van der Waals surface area contributed by atoms with Crippen molar-refractivity contribution in [1.29, 1.82) is 0 Å². The molecule has 0 radical (unpaired) electrons. The van der Waals surface area contributed by atoms with Crippen molar-refractivity contribution in [3.05, 3.63) is 135 Å². The van der Waals surface area contributed by atoms with Crippen LogP contribution in [0.5, 0.6) is 0 Å². The van der Waals surface area contributed by atoms with Gasteiger partial charge in [0.2, 0.25) is 0 Å². The van der Waals surface area contributed by atoms with Gasteiger partial charge in [-0.1, -0.05) is 54.1 Å². The number of rotatable bonds is 8. The molecule has 0 amide bonds. The molecule has 0 aliphatic heterocycles. The molecule has 3 aromatic carbocycles. The second kappa shape index (κ2) is 11.0. The highest BCUT2D eigenvalue weighted by molar-refractivity contribution is 6.30. The Labute approximate surface area is 230 Å². The Morgan fingerprint density at radius 2 is 1.50 bits per heavy atom. The average molecular weight is 580 g/mol. The molecule has 0 spiro atoms. The number of hydrogen-bond donors (Lipinski definition) is 0. The molecule has 4 aromatic rings. The molecule has 0 fully saturated rings. The smallest absolute Gasteiger partial charge is 0.294 e. The number of halogens is 8. The molecular formula is C30H21ClF7NO. The van der Waals surface area contributed by atoms with E-state index >= 15 is 4.39 Å². The summed E-state index contributed by atoms with van der Waals surface area (Å²) in [4.78, 5) is 17.9. The molecule has 0 saturated heterocycles. The van der Waals surface area contributed by atoms with E-state index in [2.05, 4.69) is 4.98 Å². The van der Waals surface area contributed by atoms with Gasteiger partial charge >= 0.3 is 6.18 Å². The van der Waals surface area contributed by atoms with Crippen molar-refractivity contribution < 1.29 is 35.5 Å². The number of benzene rings is 3. The Bertz CT molecular complexity index is 1520. The molecule has 0 aliphatic rings. The molecule has 4 rings (SSSR count). The zero-order valence-electron chi connectivity index (χ0n) is 20.9. The third-order valence-electron chi connectivity index (χ3n) is 6.61. The first-order valence-electron chi connectivity index (χ1n) is 12.0. The van der Waals surface area contributed by atoms with Crippen molar-refractivity contribution in [1.82, 2.24) is 4.98 Å². The van der Waals surface area contributed by atoms with Gasteiger partial charge < -0.3 is 0 Å². The summed E-state index contributed by atoms with van der Waals surface area (Å²) in [6, 6.07) is 16.2. The number of aromatic nitrogens is 1. The van der Waals surface area contributed by atoms with Crippen molar-refractivity contribution in [3.8, 4) is 0 Å². The van der Waals surface area contributed by atoms with Crippen LogP contribution in [0, 0.1) is 11.6 Å². The number of Topliss-reactive ketones (excluding diaryl/α,β-unsaturated/α-hetero) is 1. The van der Waals surface area contributed by atoms with Crippen molar-refractivity contribution >= 4 is 17.4 Å². The second-order valence-electron chi connectivity index (χ2n) is 9.45. The lowest BCUT2D eigenvalue weighted by Gasteiger charge is -2.35. The third-order valence-corrected chi connectivity index (χ3v) is 6.83. The minimum atomic E-state index is -5.05. The van der Waals surface area contributed by atoms with Gasteiger partial charge in [0.25, 0.3) is 5.92 Å². The Morgan fingerprint density at radius 1 is 0.825 bits per heavy atom. The highest BCUT2D eigenvalue weighted by atomic mass is 35.5. The van der Waals surface area contributed by atoms with Gasteiger partial charge in [0.1, 0.15) is 11.6 Å². The van der Waals surface area contributed by atoms with Gasteiger partial charge in [-0.15, -0.1) is 0 Å². The number of ketones is 1. The average Bonchev–Trinajstić information content (AvgIpc) is 2.88. The fourth-order valence-electron chi connectivity index (χ4n) is 4.71. The van der Waals surface area contributed by atoms with Crippen molar-refractivity contribution in [3.63, 3.8) is 0 Å². The molecule has 10 heteroatoms. The lowest BCUT2D eigenvalue weighted by molar-refractivity contribution is -0.140. The van der Waals surface area contributed by atoms with E-state index in [9.17, 15) is 31.1 Å². The number of pyridine rings is 1. The van der Waals surface area contributed by atoms with Gasteiger partial charge in [0, 0.05) is 30.7 Å². The van der Waals surface area contributed by atoms with Crippen LogP contribution >= 0.6 is 11.6 Å². The summed E-state index contributed by atoms with van der Waals surface area (Å²) in [5.41, 5.74) is -4.66. The van der Waals surface area contributed by atoms with Crippen LogP contribution in [0.15, 0.2) is 85.1 Å². The molecular weight excluding hydrogens is 559 g/mol. The van der Waals surface area contributed by atoms with Crippen LogP contribution in [0.1, 0.15) is 51.7 Å². The maximum Gasteiger partial charge on any atom is 0.419 e. The third kappa shape index (κ3) is 6.04. The lowest BCUT2D eigenvalue weighted by atomic mass is 9.68. The number of carbonyl (C=O) groups is 1. The quantitative estimate of drug-likeness (QED) is 0.154. The Balaban J connectivity index is 1.99. The molecule has 40 heavy (non-hydrogen) atoms. The van der Waals surface area contributed by atoms with Crippen molar-refractivity contribution in [2.24, 2.45) is 0 Å². The maximum atomic E-state index is 15.8. The molecule has 0 saturated carbocycles. The highest BCUT2D eigenvalue weighted by Crippen LogP contribution is 2.44. The largest absolute Gasteiger partial charge is 0.419 e. The molecule has 0 unspecified atom stereocenters. The van der Waals surface area contributed by atoms with Crippen LogP contribution < -0.4 is 0 Å². The van der Waals surface area contributed by atoms with Crippen LogP contribution in [0.25, 0.3) is 0 Å². The first kappa shape index (κ1) is 29.3. The molecule has 1 aromatic heterocycles. The van der Waals surface area contributed by atoms with E-state index in [4.69, 9.17) is 11.6 Å². The van der Waals surface area contributed by atoms with Gasteiger partial charge in [0.05, 0.1) is 27.3 Å². The van der Waals surface area contributed by atoms with Crippen LogP contribution in [0.2, 0.25) is 5.02 Å². The van der Waals surface area contributed by atoms with Gasteiger partial charge in [-0.05, 0) is 48.4 Å². The number of hydrogen-bond acceptors (Lipinski definition) is 2. The van der Waals surface area contributed by atoms with E-state index in [0.29, 0.717) is 30.7 Å². The predicted octanol–water partition coefficient (Wildman–Crippen LogP) is 8.95. The maximum absolute atomic E-state index is 15.8. The molecule has 0 aliphatic carbocycles. The standard InChI is InChI=1S/C30H21ClF7NO/c1-28(34,35)23-14-19(10-12-24(23)32)25(40)16-29(15-18-6-3-2-4-7-18,26-13-11-20(31)17-39-26)21-8-5-9-22(27(21)33)30(36,37)38/h2-14,17H,15-16H2,1H3/t29-/m1/s1. The fraction of sp³-hybridized carbons (Fsp3) is 0.200. The molecule has 208 valence electrons. The van der Waals surface area contributed by atoms with Gasteiger partial charge in [-0.25, -0.2) is 17.6 Å². The van der Waals surface area contributed by atoms with Crippen LogP contribution in [-0.2, 0) is 23.9 Å². The zero-order valence-corrected chi connectivity index (χ0v) is 21.6. The molecule has 2 nitrogen and oxygen atoms in total. The predicted molar refractivity (Wildman–Crippen MR) is 136 cm³/mol. The first-order chi connectivity index (χ1) is 18.7. The zero-order chi connectivity index (χ0) is 29.3. The van der Waals surface area contributed by atoms with E-state index in [-0.39, 0.29) is 22.7 Å². The minimum absolute atomic E-state index is 0.0236. The van der Waals surface area contributed by atoms with Crippen molar-refractivity contribution in [2.75, 3.05) is 0 Å². The highest BCUT2D eigenvalue weighted by Gasteiger charge is 2.44. The van der Waals surface area contributed by atoms with Crippen LogP contribution in [0.3, 0.4) is 0 Å². The molecule has 0 N–H and O–H groups in total. The summed E-state index contributed by atoms with van der Waals surface area (Å²) in [5.74, 6) is -7.29. The van der Waals surface area contributed by atoms with E-state index in [1.807, 2.05) is 0 Å². The SMILES string of the molecule is CC(F)(F)c1cc(C(=O)C[C@@](Cc2ccccc2)(c2ccc(Cl)cn2)c2cccc(C(F)(F)F)c2F)ccc1F. The minimum Gasteiger partial charge on any atom is -0.294 e. The van der Waals surface area contributed by atoms with Crippen molar-refractivity contribution in [2.45, 2.75) is 37.3 Å². The van der Waals surface area contributed by atoms with E-state index in [1.54, 1.807) is 30.3 Å². The second-order valence-corrected chi connectivity index (χ2v) is 9.89. The summed E-state index contributed by atoms with van der Waals surface area (Å²) in [6.45, 7) is 0.467. The normalized spacial score (nSPS) is 13.6. The summed E-state index contributed by atoms with van der Waals surface area (Å²) in [6.07, 6.45) is -4.71. The Hall–Kier alpha value is -3.72. The summed E-state index contributed by atoms with van der Waals surface area (Å²) >= 11 is 6.00. The summed E-state index contributed by atoms with van der Waals surface area (Å²) < 4.78 is 99.4. The Kier molecular flexibility index (Phi) is 8.08. The number of nitrogens with zero attached hydrogens (tertiary/aromatic N) is 1. The van der Waals surface area contributed by atoms with Gasteiger partial charge in [-0.3, -0.25) is 9.78 Å². The van der Waals surface area contributed by atoms with Crippen LogP contribution in [-0.4, -0.2) is 10.8 Å². The monoisotopic (exact) mass is 579 g/mol. The Morgan fingerprint density at radius 3 is 2.10 bits per heavy atom. The number of alkyl halides is 5. The first-order valence-corrected chi connectivity index (χ1v) is 12.3. The van der Waals surface area contributed by atoms with Crippen LogP contribution in [0.4, 0.5) is 30.7 Å². The molecule has 1 heterocycles. The van der Waals surface area contributed by atoms with E-state index in [0.717, 1.165) is 18.2 Å². The summed E-state index contributed by atoms with van der Waals surface area (Å²) in [5, 5.41) is 0.182. The number of carbonyl (C=O) groups excluding carboxylic acids is 1. The van der Waals surface area contributed by atoms with E-state index in [1.165, 1.54) is 18.3 Å². The lowest BCUT2D eigenvalue weighted by Crippen LogP contribution is -2.36. The van der Waals surface area contributed by atoms with Gasteiger partial charge in [0.15, 0.2) is 5.78 Å². The molecule has 1 atom stereocenters. The molecule has 0 bridgehead atoms. The summed E-state index contributed by atoms with van der Waals surface area (Å²) in [7, 11) is 0.